The summed E-state index contributed by atoms with van der Waals surface area (Å²) in [5, 5.41) is 2.59. The van der Waals surface area contributed by atoms with Crippen molar-refractivity contribution in [3.63, 3.8) is 0 Å². The van der Waals surface area contributed by atoms with E-state index in [1.165, 1.54) is 16.7 Å². The third-order valence-electron chi connectivity index (χ3n) is 7.73. The molecule has 242 valence electrons. The van der Waals surface area contributed by atoms with E-state index in [-0.39, 0.29) is 30.1 Å². The minimum Gasteiger partial charge on any atom is -0.378 e. The number of aromatic nitrogens is 1. The highest BCUT2D eigenvalue weighted by molar-refractivity contribution is 6.76. The number of rotatable bonds is 9. The molecule has 0 bridgehead atoms. The lowest BCUT2D eigenvalue weighted by molar-refractivity contribution is -0.120. The molecular weight excluding hydrogens is 604 g/mol. The van der Waals surface area contributed by atoms with Gasteiger partial charge in [0.05, 0.1) is 24.5 Å². The standard InChI is InChI=1S/C33H40N6O6Si/c1-46(2,3)20-19-45-22-39-28(41)14-13-26(32(39)38-15-17-44-18-16-38)31(42)36-37-33(43)35-30-27(40)21-24-11-7-8-12-25(24)29(34-30)23-9-5-4-6-10-23/h4-14,30H,15-22H2,1-3H3,(H,36,42)(H2,35,37,43)/t30-/m1/s1. The SMILES string of the molecule is C[Si](C)(C)CCOCn1c(N2CCOCC2)c(C(=O)NNC(=O)N[C@H]2N=C(c3ccccc3)c3ccccc3CC2=O)ccc1=O. The highest BCUT2D eigenvalue weighted by Crippen LogP contribution is 2.22. The molecule has 3 heterocycles. The topological polar surface area (TPSA) is 143 Å². The van der Waals surface area contributed by atoms with Crippen molar-refractivity contribution in [1.82, 2.24) is 20.7 Å². The van der Waals surface area contributed by atoms with Gasteiger partial charge in [0.25, 0.3) is 11.5 Å². The van der Waals surface area contributed by atoms with E-state index in [1.807, 2.05) is 59.5 Å². The summed E-state index contributed by atoms with van der Waals surface area (Å²) in [4.78, 5) is 59.3. The van der Waals surface area contributed by atoms with Crippen molar-refractivity contribution in [3.8, 4) is 0 Å². The molecule has 3 N–H and O–H groups in total. The number of hydrazine groups is 1. The van der Waals surface area contributed by atoms with Crippen LogP contribution < -0.4 is 26.6 Å². The number of anilines is 1. The van der Waals surface area contributed by atoms with Gasteiger partial charge >= 0.3 is 6.03 Å². The van der Waals surface area contributed by atoms with E-state index < -0.39 is 26.2 Å². The molecule has 0 unspecified atom stereocenters. The molecule has 1 aromatic heterocycles. The summed E-state index contributed by atoms with van der Waals surface area (Å²) in [6.45, 7) is 9.04. The van der Waals surface area contributed by atoms with Crippen molar-refractivity contribution in [2.24, 2.45) is 4.99 Å². The van der Waals surface area contributed by atoms with Gasteiger partial charge in [0.15, 0.2) is 11.9 Å². The van der Waals surface area contributed by atoms with Gasteiger partial charge in [-0.05, 0) is 17.7 Å². The number of ether oxygens (including phenoxy) is 2. The Hall–Kier alpha value is -4.59. The largest absolute Gasteiger partial charge is 0.378 e. The number of pyridine rings is 1. The van der Waals surface area contributed by atoms with E-state index in [2.05, 4.69) is 40.8 Å². The van der Waals surface area contributed by atoms with Crippen LogP contribution in [0.25, 0.3) is 0 Å². The van der Waals surface area contributed by atoms with Crippen molar-refractivity contribution in [2.45, 2.75) is 45.0 Å². The van der Waals surface area contributed by atoms with E-state index in [4.69, 9.17) is 9.47 Å². The predicted octanol–water partition coefficient (Wildman–Crippen LogP) is 2.93. The number of amides is 3. The Morgan fingerprint density at radius 1 is 0.957 bits per heavy atom. The predicted molar refractivity (Wildman–Crippen MR) is 178 cm³/mol. The van der Waals surface area contributed by atoms with E-state index >= 15 is 0 Å². The molecule has 1 fully saturated rings. The molecular formula is C33H40N6O6Si. The van der Waals surface area contributed by atoms with Crippen LogP contribution >= 0.6 is 0 Å². The second kappa shape index (κ2) is 14.7. The molecule has 1 atom stereocenters. The molecule has 0 aliphatic carbocycles. The lowest BCUT2D eigenvalue weighted by atomic mass is 9.96. The first-order valence-corrected chi connectivity index (χ1v) is 19.1. The molecule has 12 nitrogen and oxygen atoms in total. The molecule has 3 amide bonds. The summed E-state index contributed by atoms with van der Waals surface area (Å²) < 4.78 is 12.8. The summed E-state index contributed by atoms with van der Waals surface area (Å²) >= 11 is 0. The van der Waals surface area contributed by atoms with Crippen LogP contribution in [-0.4, -0.2) is 75.2 Å². The number of hydrogen-bond donors (Lipinski definition) is 3. The number of urea groups is 1. The zero-order valence-electron chi connectivity index (χ0n) is 26.4. The number of carbonyl (C=O) groups excluding carboxylic acids is 3. The monoisotopic (exact) mass is 644 g/mol. The average Bonchev–Trinajstić information content (AvgIpc) is 3.18. The third kappa shape index (κ3) is 8.16. The van der Waals surface area contributed by atoms with Crippen molar-refractivity contribution in [2.75, 3.05) is 37.8 Å². The Balaban J connectivity index is 1.32. The molecule has 13 heteroatoms. The number of Topliss-reactive ketones (excluding diaryl/α,β-unsaturated/α-hetero) is 1. The van der Waals surface area contributed by atoms with Gasteiger partial charge in [0, 0.05) is 51.4 Å². The maximum Gasteiger partial charge on any atom is 0.335 e. The Morgan fingerprint density at radius 3 is 2.41 bits per heavy atom. The summed E-state index contributed by atoms with van der Waals surface area (Å²) in [6, 6.07) is 19.8. The van der Waals surface area contributed by atoms with Crippen molar-refractivity contribution in [1.29, 1.82) is 0 Å². The quantitative estimate of drug-likeness (QED) is 0.185. The lowest BCUT2D eigenvalue weighted by Gasteiger charge is -2.32. The van der Waals surface area contributed by atoms with Gasteiger partial charge in [-0.2, -0.15) is 0 Å². The van der Waals surface area contributed by atoms with Crippen LogP contribution in [0.4, 0.5) is 10.6 Å². The molecule has 5 rings (SSSR count). The van der Waals surface area contributed by atoms with Crippen molar-refractivity contribution < 1.29 is 23.9 Å². The fourth-order valence-electron chi connectivity index (χ4n) is 5.26. The van der Waals surface area contributed by atoms with Crippen LogP contribution in [0.5, 0.6) is 0 Å². The second-order valence-corrected chi connectivity index (χ2v) is 18.0. The first kappa shape index (κ1) is 32.8. The number of fused-ring (bicyclic) bond motifs is 1. The molecule has 0 spiro atoms. The molecule has 2 aliphatic rings. The zero-order chi connectivity index (χ0) is 32.7. The molecule has 0 saturated carbocycles. The molecule has 1 saturated heterocycles. The fraction of sp³-hybridized carbons (Fsp3) is 0.364. The normalized spacial score (nSPS) is 16.6. The average molecular weight is 645 g/mol. The van der Waals surface area contributed by atoms with Gasteiger partial charge in [-0.25, -0.2) is 10.2 Å². The third-order valence-corrected chi connectivity index (χ3v) is 9.44. The van der Waals surface area contributed by atoms with Crippen LogP contribution in [0.2, 0.25) is 25.7 Å². The maximum absolute atomic E-state index is 13.5. The van der Waals surface area contributed by atoms with Crippen molar-refractivity contribution >= 4 is 37.3 Å². The second-order valence-electron chi connectivity index (χ2n) is 12.4. The van der Waals surface area contributed by atoms with Crippen LogP contribution in [-0.2, 0) is 27.4 Å². The number of morpholine rings is 1. The first-order valence-electron chi connectivity index (χ1n) is 15.4. The van der Waals surface area contributed by atoms with E-state index in [9.17, 15) is 19.2 Å². The van der Waals surface area contributed by atoms with Gasteiger partial charge in [-0.3, -0.25) is 29.4 Å². The number of ketones is 1. The summed E-state index contributed by atoms with van der Waals surface area (Å²) in [5.74, 6) is -0.548. The molecule has 46 heavy (non-hydrogen) atoms. The summed E-state index contributed by atoms with van der Waals surface area (Å²) in [6.07, 6.45) is -1.10. The number of benzene rings is 2. The molecule has 0 radical (unpaired) electrons. The summed E-state index contributed by atoms with van der Waals surface area (Å²) in [5.41, 5.74) is 7.66. The van der Waals surface area contributed by atoms with Crippen molar-refractivity contribution in [3.05, 3.63) is 99.3 Å². The van der Waals surface area contributed by atoms with Gasteiger partial charge in [0.1, 0.15) is 12.5 Å². The minimum atomic E-state index is -1.35. The fourth-order valence-corrected chi connectivity index (χ4v) is 6.02. The highest BCUT2D eigenvalue weighted by atomic mass is 28.3. The van der Waals surface area contributed by atoms with Crippen LogP contribution in [0, 0.1) is 0 Å². The Bertz CT molecular complexity index is 1660. The first-order chi connectivity index (χ1) is 22.1. The lowest BCUT2D eigenvalue weighted by Crippen LogP contribution is -2.52. The van der Waals surface area contributed by atoms with Crippen LogP contribution in [0.3, 0.4) is 0 Å². The number of aliphatic imine (C=N–C) groups is 1. The zero-order valence-corrected chi connectivity index (χ0v) is 27.4. The number of nitrogens with zero attached hydrogens (tertiary/aromatic N) is 3. The minimum absolute atomic E-state index is 0.0149. The van der Waals surface area contributed by atoms with E-state index in [0.29, 0.717) is 44.4 Å². The Morgan fingerprint density at radius 2 is 1.67 bits per heavy atom. The molecule has 2 aliphatic heterocycles. The Kier molecular flexibility index (Phi) is 10.5. The smallest absolute Gasteiger partial charge is 0.335 e. The number of carbonyl (C=O) groups is 3. The molecule has 3 aromatic rings. The van der Waals surface area contributed by atoms with E-state index in [0.717, 1.165) is 22.7 Å². The van der Waals surface area contributed by atoms with Gasteiger partial charge in [-0.1, -0.05) is 74.2 Å². The number of hydrogen-bond acceptors (Lipinski definition) is 8. The van der Waals surface area contributed by atoms with Crippen LogP contribution in [0.1, 0.15) is 27.0 Å². The Labute approximate surface area is 268 Å². The van der Waals surface area contributed by atoms with E-state index in [1.54, 1.807) is 0 Å². The maximum atomic E-state index is 13.5. The van der Waals surface area contributed by atoms with Gasteiger partial charge < -0.3 is 19.7 Å². The molecule has 2 aromatic carbocycles. The summed E-state index contributed by atoms with van der Waals surface area (Å²) in [7, 11) is -1.35. The number of nitrogens with one attached hydrogen (secondary N) is 3. The van der Waals surface area contributed by atoms with Gasteiger partial charge in [-0.15, -0.1) is 0 Å². The highest BCUT2D eigenvalue weighted by Gasteiger charge is 2.28. The van der Waals surface area contributed by atoms with Crippen LogP contribution in [0.15, 0.2) is 76.5 Å². The van der Waals surface area contributed by atoms with Gasteiger partial charge in [0.2, 0.25) is 0 Å².